The van der Waals surface area contributed by atoms with Gasteiger partial charge in [0.15, 0.2) is 5.82 Å². The molecule has 0 unspecified atom stereocenters. The lowest BCUT2D eigenvalue weighted by Crippen LogP contribution is -2.49. The summed E-state index contributed by atoms with van der Waals surface area (Å²) < 4.78 is 16.1. The molecule has 10 nitrogen and oxygen atoms in total. The summed E-state index contributed by atoms with van der Waals surface area (Å²) in [6.45, 7) is 10.7. The fourth-order valence-corrected chi connectivity index (χ4v) is 5.53. The molecular weight excluding hydrogens is 459 g/mol. The Labute approximate surface area is 209 Å². The summed E-state index contributed by atoms with van der Waals surface area (Å²) in [5, 5.41) is 18.4. The van der Waals surface area contributed by atoms with E-state index in [0.29, 0.717) is 40.9 Å². The van der Waals surface area contributed by atoms with E-state index >= 15 is 0 Å². The lowest BCUT2D eigenvalue weighted by atomic mass is 9.83. The summed E-state index contributed by atoms with van der Waals surface area (Å²) in [4.78, 5) is 15.1. The molecule has 1 saturated carbocycles. The third-order valence-corrected chi connectivity index (χ3v) is 7.52. The molecule has 3 fully saturated rings. The van der Waals surface area contributed by atoms with Crippen LogP contribution in [0.2, 0.25) is 0 Å². The maximum absolute atomic E-state index is 14.7. The third kappa shape index (κ3) is 4.60. The van der Waals surface area contributed by atoms with Crippen LogP contribution in [-0.2, 0) is 0 Å². The van der Waals surface area contributed by atoms with E-state index in [1.807, 2.05) is 0 Å². The molecule has 186 valence electrons. The Morgan fingerprint density at radius 1 is 1.11 bits per heavy atom. The van der Waals surface area contributed by atoms with Gasteiger partial charge in [-0.15, -0.1) is 5.10 Å². The summed E-state index contributed by atoms with van der Waals surface area (Å²) in [5.74, 6) is 1.94. The zero-order valence-electron chi connectivity index (χ0n) is 20.1. The van der Waals surface area contributed by atoms with Gasteiger partial charge in [-0.1, -0.05) is 6.42 Å². The molecule has 2 aromatic heterocycles. The number of tetrazole rings is 1. The fraction of sp³-hybridized carbons (Fsp3) is 0.520. The Morgan fingerprint density at radius 3 is 2.86 bits per heavy atom. The van der Waals surface area contributed by atoms with Crippen molar-refractivity contribution >= 4 is 23.1 Å². The first-order valence-electron chi connectivity index (χ1n) is 12.8. The van der Waals surface area contributed by atoms with E-state index in [1.54, 1.807) is 12.1 Å². The number of anilines is 3. The molecule has 2 atom stereocenters. The molecule has 0 spiro atoms. The Morgan fingerprint density at radius 2 is 2.00 bits per heavy atom. The second kappa shape index (κ2) is 9.78. The second-order valence-electron chi connectivity index (χ2n) is 9.94. The van der Waals surface area contributed by atoms with Gasteiger partial charge in [0.2, 0.25) is 11.6 Å². The smallest absolute Gasteiger partial charge is 0.246 e. The first-order chi connectivity index (χ1) is 17.7. The van der Waals surface area contributed by atoms with Crippen LogP contribution in [0, 0.1) is 18.3 Å². The molecule has 1 aliphatic carbocycles. The number of nitrogens with zero attached hydrogens (tertiary/aromatic N) is 8. The van der Waals surface area contributed by atoms with Crippen LogP contribution < -0.4 is 10.6 Å². The van der Waals surface area contributed by atoms with Gasteiger partial charge in [-0.3, -0.25) is 0 Å². The Bertz CT molecular complexity index is 1280. The van der Waals surface area contributed by atoms with Crippen molar-refractivity contribution in [3.63, 3.8) is 0 Å². The number of aromatic nitrogens is 6. The largest absolute Gasteiger partial charge is 0.378 e. The van der Waals surface area contributed by atoms with E-state index in [2.05, 4.69) is 45.9 Å². The molecule has 0 amide bonds. The van der Waals surface area contributed by atoms with Gasteiger partial charge < -0.3 is 15.5 Å². The van der Waals surface area contributed by atoms with Crippen molar-refractivity contribution in [2.45, 2.75) is 56.9 Å². The zero-order valence-corrected chi connectivity index (χ0v) is 20.1. The number of fused-ring (bicyclic) bond motifs is 1. The lowest BCUT2D eigenvalue weighted by Gasteiger charge is -2.44. The molecule has 0 bridgehead atoms. The van der Waals surface area contributed by atoms with Crippen LogP contribution in [0.4, 0.5) is 27.5 Å². The lowest BCUT2D eigenvalue weighted by molar-refractivity contribution is 0.0649. The summed E-state index contributed by atoms with van der Waals surface area (Å²) in [5.41, 5.74) is 1.27. The molecule has 2 aliphatic heterocycles. The SMILES string of the molecule is [C-]#[N+]c1cnc(Nc2ccc(F)c(-n3nnnc3C3CC3)c2)nc1NC[C@@H]1CCCN2CCCC[C@H]12. The predicted molar refractivity (Wildman–Crippen MR) is 133 cm³/mol. The van der Waals surface area contributed by atoms with Crippen LogP contribution in [-0.4, -0.2) is 60.8 Å². The number of nitrogens with one attached hydrogen (secondary N) is 2. The topological polar surface area (TPSA) is 101 Å². The maximum Gasteiger partial charge on any atom is 0.246 e. The van der Waals surface area contributed by atoms with Crippen LogP contribution in [0.25, 0.3) is 10.5 Å². The maximum atomic E-state index is 14.7. The van der Waals surface area contributed by atoms with Gasteiger partial charge in [0.25, 0.3) is 0 Å². The Balaban J connectivity index is 1.19. The Kier molecular flexibility index (Phi) is 6.19. The minimum atomic E-state index is -0.411. The number of hydrogen-bond donors (Lipinski definition) is 2. The normalized spacial score (nSPS) is 22.0. The molecule has 0 radical (unpaired) electrons. The van der Waals surface area contributed by atoms with Gasteiger partial charge in [0, 0.05) is 30.4 Å². The van der Waals surface area contributed by atoms with Crippen molar-refractivity contribution < 1.29 is 4.39 Å². The monoisotopic (exact) mass is 488 g/mol. The van der Waals surface area contributed by atoms with Gasteiger partial charge in [-0.25, -0.2) is 19.2 Å². The fourth-order valence-electron chi connectivity index (χ4n) is 5.53. The molecule has 36 heavy (non-hydrogen) atoms. The highest BCUT2D eigenvalue weighted by Gasteiger charge is 2.33. The molecule has 11 heteroatoms. The van der Waals surface area contributed by atoms with Gasteiger partial charge in [-0.05, 0) is 86.2 Å². The average Bonchev–Trinajstić information content (AvgIpc) is 3.65. The summed E-state index contributed by atoms with van der Waals surface area (Å²) >= 11 is 0. The highest BCUT2D eigenvalue weighted by Crippen LogP contribution is 2.39. The summed E-state index contributed by atoms with van der Waals surface area (Å²) in [7, 11) is 0. The van der Waals surface area contributed by atoms with E-state index in [1.165, 1.54) is 62.1 Å². The number of piperidine rings is 2. The number of halogens is 1. The molecule has 2 saturated heterocycles. The van der Waals surface area contributed by atoms with Crippen molar-refractivity contribution in [1.82, 2.24) is 35.1 Å². The van der Waals surface area contributed by atoms with Gasteiger partial charge in [-0.2, -0.15) is 4.68 Å². The minimum Gasteiger partial charge on any atom is -0.378 e. The Hall–Kier alpha value is -3.65. The average molecular weight is 489 g/mol. The van der Waals surface area contributed by atoms with Crippen molar-refractivity contribution in [2.24, 2.45) is 5.92 Å². The van der Waals surface area contributed by atoms with Crippen molar-refractivity contribution in [1.29, 1.82) is 0 Å². The van der Waals surface area contributed by atoms with Crippen LogP contribution in [0.3, 0.4) is 0 Å². The molecule has 2 N–H and O–H groups in total. The van der Waals surface area contributed by atoms with E-state index in [4.69, 9.17) is 6.57 Å². The first kappa shape index (κ1) is 22.8. The van der Waals surface area contributed by atoms with Gasteiger partial charge in [0.05, 0.1) is 6.57 Å². The van der Waals surface area contributed by atoms with E-state index < -0.39 is 5.82 Å². The van der Waals surface area contributed by atoms with E-state index in [9.17, 15) is 4.39 Å². The zero-order chi connectivity index (χ0) is 24.5. The highest BCUT2D eigenvalue weighted by molar-refractivity contribution is 5.67. The van der Waals surface area contributed by atoms with Crippen LogP contribution in [0.15, 0.2) is 24.4 Å². The molecule has 4 heterocycles. The van der Waals surface area contributed by atoms with E-state index in [0.717, 1.165) is 19.4 Å². The quantitative estimate of drug-likeness (QED) is 0.471. The molecular formula is C25H29FN10. The standard InChI is InChI=1S/C25H29FN10/c1-27-20-15-29-25(31-23(20)28-14-17-5-4-12-35-11-3-2-6-21(17)35)30-18-9-10-19(26)22(13-18)36-24(16-7-8-16)32-33-34-36/h9-10,13,15-17,21H,2-8,11-12,14H2,(H2,28,29,30,31)/t17-,21+/m0/s1. The van der Waals surface area contributed by atoms with Crippen LogP contribution >= 0.6 is 0 Å². The van der Waals surface area contributed by atoms with E-state index in [-0.39, 0.29) is 11.6 Å². The summed E-state index contributed by atoms with van der Waals surface area (Å²) in [6.07, 6.45) is 9.78. The van der Waals surface area contributed by atoms with Crippen molar-refractivity contribution in [3.8, 4) is 5.69 Å². The number of hydrogen-bond acceptors (Lipinski definition) is 8. The molecule has 3 aromatic rings. The van der Waals surface area contributed by atoms with Gasteiger partial charge >= 0.3 is 0 Å². The summed E-state index contributed by atoms with van der Waals surface area (Å²) in [6, 6.07) is 5.26. The van der Waals surface area contributed by atoms with Gasteiger partial charge in [0.1, 0.15) is 17.3 Å². The van der Waals surface area contributed by atoms with Crippen molar-refractivity contribution in [3.05, 3.63) is 47.5 Å². The van der Waals surface area contributed by atoms with Crippen LogP contribution in [0.1, 0.15) is 56.7 Å². The predicted octanol–water partition coefficient (Wildman–Crippen LogP) is 4.44. The van der Waals surface area contributed by atoms with Crippen LogP contribution in [0.5, 0.6) is 0 Å². The second-order valence-corrected chi connectivity index (χ2v) is 9.94. The molecule has 3 aliphatic rings. The molecule has 1 aromatic carbocycles. The van der Waals surface area contributed by atoms with Crippen molar-refractivity contribution in [2.75, 3.05) is 30.3 Å². The minimum absolute atomic E-state index is 0.275. The number of rotatable bonds is 7. The first-order valence-corrected chi connectivity index (χ1v) is 12.8. The molecule has 6 rings (SSSR count). The third-order valence-electron chi connectivity index (χ3n) is 7.52. The number of benzene rings is 1. The highest BCUT2D eigenvalue weighted by atomic mass is 19.1.